The van der Waals surface area contributed by atoms with Gasteiger partial charge in [0.25, 0.3) is 5.69 Å². The molecule has 0 spiro atoms. The summed E-state index contributed by atoms with van der Waals surface area (Å²) in [5.74, 6) is -1.05. The summed E-state index contributed by atoms with van der Waals surface area (Å²) in [6.45, 7) is 0. The third-order valence-electron chi connectivity index (χ3n) is 5.85. The fraction of sp³-hybridized carbons (Fsp3) is 0.0870. The lowest BCUT2D eigenvalue weighted by Crippen LogP contribution is -2.34. The molecule has 0 bridgehead atoms. The predicted molar refractivity (Wildman–Crippen MR) is 144 cm³/mol. The third kappa shape index (κ3) is 4.07. The number of hydrogen-bond acceptors (Lipinski definition) is 9. The maximum atomic E-state index is 14.2. The maximum absolute atomic E-state index is 14.2. The van der Waals surface area contributed by atoms with E-state index in [4.69, 9.17) is 23.2 Å². The van der Waals surface area contributed by atoms with E-state index < -0.39 is 28.3 Å². The zero-order chi connectivity index (χ0) is 26.7. The number of thiazole rings is 2. The number of rotatable bonds is 4. The number of nitrogens with zero attached hydrogens (tertiary/aromatic N) is 5. The number of fused-ring (bicyclic) bond motifs is 2. The van der Waals surface area contributed by atoms with Crippen molar-refractivity contribution < 1.29 is 18.8 Å². The van der Waals surface area contributed by atoms with Gasteiger partial charge in [-0.3, -0.25) is 20.5 Å². The molecule has 3 aromatic carbocycles. The molecule has 0 saturated carbocycles. The van der Waals surface area contributed by atoms with E-state index in [0.717, 1.165) is 28.7 Å². The van der Waals surface area contributed by atoms with Gasteiger partial charge >= 0.3 is 0 Å². The van der Waals surface area contributed by atoms with Crippen LogP contribution in [0.25, 0.3) is 20.4 Å². The first-order valence-electron chi connectivity index (χ1n) is 10.8. The van der Waals surface area contributed by atoms with Gasteiger partial charge in [0.2, 0.25) is 10.3 Å². The van der Waals surface area contributed by atoms with Gasteiger partial charge in [0.05, 0.1) is 42.0 Å². The van der Waals surface area contributed by atoms with Crippen LogP contribution in [0.2, 0.25) is 10.0 Å². The molecule has 1 atom stereocenters. The monoisotopic (exact) mass is 592 g/mol. The number of nitrogens with one attached hydrogen (secondary N) is 1. The first kappa shape index (κ1) is 24.7. The van der Waals surface area contributed by atoms with Crippen molar-refractivity contribution in [3.8, 4) is 5.75 Å². The van der Waals surface area contributed by atoms with Crippen LogP contribution in [-0.2, 0) is 0 Å². The summed E-state index contributed by atoms with van der Waals surface area (Å²) in [5.41, 5.74) is 3.63. The fourth-order valence-corrected chi connectivity index (χ4v) is 6.58. The lowest BCUT2D eigenvalue weighted by Gasteiger charge is -2.23. The van der Waals surface area contributed by atoms with Gasteiger partial charge in [-0.25, -0.2) is 23.7 Å². The smallest absolute Gasteiger partial charge is 0.299 e. The molecule has 2 N–H and O–H groups in total. The van der Waals surface area contributed by atoms with Gasteiger partial charge in [-0.2, -0.15) is 0 Å². The number of nitro benzene ring substituents is 1. The van der Waals surface area contributed by atoms with Crippen molar-refractivity contribution in [3.63, 3.8) is 0 Å². The van der Waals surface area contributed by atoms with E-state index in [1.54, 1.807) is 29.3 Å². The zero-order valence-corrected chi connectivity index (χ0v) is 21.8. The Labute approximate surface area is 229 Å². The van der Waals surface area contributed by atoms with Crippen LogP contribution >= 0.6 is 45.9 Å². The first-order chi connectivity index (χ1) is 18.2. The Balaban J connectivity index is 1.45. The molecule has 1 fully saturated rings. The molecule has 0 amide bonds. The second-order valence-electron chi connectivity index (χ2n) is 8.15. The molecular weight excluding hydrogens is 581 g/mol. The van der Waals surface area contributed by atoms with Crippen LogP contribution in [0.15, 0.2) is 47.5 Å². The van der Waals surface area contributed by atoms with Gasteiger partial charge in [0.15, 0.2) is 5.52 Å². The molecule has 1 aliphatic rings. The van der Waals surface area contributed by atoms with Gasteiger partial charge in [0, 0.05) is 12.0 Å². The normalized spacial score (nSPS) is 16.6. The number of benzene rings is 3. The summed E-state index contributed by atoms with van der Waals surface area (Å²) in [4.78, 5) is 24.0. The number of para-hydroxylation sites is 1. The average molecular weight is 593 g/mol. The molecular formula is C23H12Cl2F2N6O3S2. The molecule has 3 heterocycles. The number of aliphatic imine (C=N–C) groups is 1. The summed E-state index contributed by atoms with van der Waals surface area (Å²) in [5, 5.41) is 23.9. The van der Waals surface area contributed by atoms with Crippen LogP contribution in [0.5, 0.6) is 5.75 Å². The Hall–Kier alpha value is -3.65. The molecule has 1 saturated heterocycles. The summed E-state index contributed by atoms with van der Waals surface area (Å²) in [6.07, 6.45) is 0.260. The average Bonchev–Trinajstić information content (AvgIpc) is 3.61. The quantitative estimate of drug-likeness (QED) is 0.166. The first-order valence-corrected chi connectivity index (χ1v) is 13.2. The van der Waals surface area contributed by atoms with Crippen LogP contribution in [0.3, 0.4) is 0 Å². The Morgan fingerprint density at radius 3 is 2.63 bits per heavy atom. The minimum Gasteiger partial charge on any atom is -0.508 e. The van der Waals surface area contributed by atoms with Gasteiger partial charge in [-0.15, -0.1) is 0 Å². The zero-order valence-electron chi connectivity index (χ0n) is 18.7. The summed E-state index contributed by atoms with van der Waals surface area (Å²) in [6, 6.07) is 9.77. The summed E-state index contributed by atoms with van der Waals surface area (Å²) < 4.78 is 28.8. The Bertz CT molecular complexity index is 1810. The molecule has 2 aromatic heterocycles. The molecule has 0 aliphatic carbocycles. The molecule has 0 radical (unpaired) electrons. The highest BCUT2D eigenvalue weighted by atomic mass is 35.5. The summed E-state index contributed by atoms with van der Waals surface area (Å²) in [7, 11) is 0. The number of anilines is 1. The largest absolute Gasteiger partial charge is 0.508 e. The van der Waals surface area contributed by atoms with E-state index >= 15 is 0 Å². The van der Waals surface area contributed by atoms with E-state index in [2.05, 4.69) is 20.4 Å². The van der Waals surface area contributed by atoms with Crippen molar-refractivity contribution in [3.05, 3.63) is 79.8 Å². The number of nitro groups is 1. The number of aromatic hydroxyl groups is 1. The number of non-ortho nitro benzene ring substituents is 1. The number of aromatic nitrogens is 2. The molecule has 1 aliphatic heterocycles. The topological polar surface area (TPSA) is 117 Å². The second kappa shape index (κ2) is 9.27. The number of amidine groups is 1. The molecule has 9 nitrogen and oxygen atoms in total. The van der Waals surface area contributed by atoms with Crippen molar-refractivity contribution in [2.24, 2.45) is 4.99 Å². The fourth-order valence-electron chi connectivity index (χ4n) is 4.13. The maximum Gasteiger partial charge on any atom is 0.299 e. The molecule has 1 unspecified atom stereocenters. The van der Waals surface area contributed by atoms with E-state index in [1.807, 2.05) is 0 Å². The Morgan fingerprint density at radius 2 is 1.87 bits per heavy atom. The molecule has 6 rings (SSSR count). The highest BCUT2D eigenvalue weighted by Crippen LogP contribution is 2.43. The third-order valence-corrected chi connectivity index (χ3v) is 8.86. The standard InChI is InChI=1S/C23H12Cl2F2N6O3S2/c24-17-10(26)5-6-12-20(17)38-23(28-12)32-13(9-3-1-2-4-15(9)34)8-16(31-32)29-22-30-19-14(33(35)36)7-11(27)18(25)21(19)37-22/h1-7,13,34H,8H2,(H,29,30,31). The number of phenols is 1. The van der Waals surface area contributed by atoms with Gasteiger partial charge in [0.1, 0.15) is 23.2 Å². The Kier molecular flexibility index (Phi) is 6.02. The number of halogens is 4. The van der Waals surface area contributed by atoms with E-state index in [-0.39, 0.29) is 37.6 Å². The van der Waals surface area contributed by atoms with Crippen LogP contribution in [0.1, 0.15) is 18.0 Å². The molecule has 38 heavy (non-hydrogen) atoms. The van der Waals surface area contributed by atoms with E-state index in [0.29, 0.717) is 26.7 Å². The van der Waals surface area contributed by atoms with Crippen molar-refractivity contribution in [1.29, 1.82) is 0 Å². The lowest BCUT2D eigenvalue weighted by molar-refractivity contribution is -0.383. The van der Waals surface area contributed by atoms with Crippen molar-refractivity contribution >= 4 is 88.1 Å². The number of phenolic OH excluding ortho intramolecular Hbond substituents is 1. The molecule has 15 heteroatoms. The highest BCUT2D eigenvalue weighted by molar-refractivity contribution is 7.23. The number of hydrazine groups is 1. The van der Waals surface area contributed by atoms with Gasteiger partial charge < -0.3 is 5.11 Å². The SMILES string of the molecule is O=[N+]([O-])c1cc(F)c(Cl)c2sc(/N=C3\CC(c4ccccc4O)N(c4nc5ccc(F)c(Cl)c5s4)N3)nc12. The van der Waals surface area contributed by atoms with Crippen molar-refractivity contribution in [1.82, 2.24) is 15.4 Å². The van der Waals surface area contributed by atoms with Crippen LogP contribution in [0.4, 0.5) is 24.7 Å². The Morgan fingerprint density at radius 1 is 1.11 bits per heavy atom. The van der Waals surface area contributed by atoms with Gasteiger partial charge in [-0.1, -0.05) is 64.1 Å². The van der Waals surface area contributed by atoms with Crippen LogP contribution in [-0.4, -0.2) is 25.8 Å². The minimum atomic E-state index is -0.926. The van der Waals surface area contributed by atoms with Crippen molar-refractivity contribution in [2.45, 2.75) is 12.5 Å². The van der Waals surface area contributed by atoms with Gasteiger partial charge in [-0.05, 0) is 18.2 Å². The number of hydrogen-bond donors (Lipinski definition) is 2. The highest BCUT2D eigenvalue weighted by Gasteiger charge is 2.35. The van der Waals surface area contributed by atoms with Crippen molar-refractivity contribution in [2.75, 3.05) is 5.01 Å². The van der Waals surface area contributed by atoms with E-state index in [9.17, 15) is 24.0 Å². The molecule has 5 aromatic rings. The molecule has 192 valence electrons. The lowest BCUT2D eigenvalue weighted by atomic mass is 10.0. The van der Waals surface area contributed by atoms with Crippen LogP contribution in [0, 0.1) is 21.7 Å². The van der Waals surface area contributed by atoms with Crippen LogP contribution < -0.4 is 10.4 Å². The summed E-state index contributed by atoms with van der Waals surface area (Å²) >= 11 is 14.3. The predicted octanol–water partition coefficient (Wildman–Crippen LogP) is 7.29. The second-order valence-corrected chi connectivity index (χ2v) is 10.9. The van der Waals surface area contributed by atoms with E-state index in [1.165, 1.54) is 12.1 Å². The minimum absolute atomic E-state index is 0.0429.